The molecule has 0 spiro atoms. The normalized spacial score (nSPS) is 29.9. The Morgan fingerprint density at radius 3 is 2.73 bits per heavy atom. The molecule has 22 heavy (non-hydrogen) atoms. The molecule has 5 nitrogen and oxygen atoms in total. The van der Waals surface area contributed by atoms with Crippen LogP contribution in [0.4, 0.5) is 4.79 Å². The zero-order chi connectivity index (χ0) is 16.0. The van der Waals surface area contributed by atoms with Gasteiger partial charge in [0.25, 0.3) is 0 Å². The maximum Gasteiger partial charge on any atom is 0.407 e. The third-order valence-electron chi connectivity index (χ3n) is 4.47. The fourth-order valence-corrected chi connectivity index (χ4v) is 3.40. The van der Waals surface area contributed by atoms with Gasteiger partial charge >= 0.3 is 6.09 Å². The maximum atomic E-state index is 11.8. The largest absolute Gasteiger partial charge is 0.444 e. The predicted molar refractivity (Wildman–Crippen MR) is 87.0 cm³/mol. The highest BCUT2D eigenvalue weighted by molar-refractivity contribution is 5.67. The molecule has 0 bridgehead atoms. The van der Waals surface area contributed by atoms with Crippen LogP contribution in [0.1, 0.15) is 59.3 Å². The highest BCUT2D eigenvalue weighted by Gasteiger charge is 2.30. The minimum absolute atomic E-state index is 0.305. The lowest BCUT2D eigenvalue weighted by Crippen LogP contribution is -2.44. The molecule has 5 heteroatoms. The molecule has 0 aromatic heterocycles. The fourth-order valence-electron chi connectivity index (χ4n) is 3.40. The van der Waals surface area contributed by atoms with Crippen molar-refractivity contribution < 1.29 is 14.3 Å². The third kappa shape index (κ3) is 6.13. The molecule has 3 atom stereocenters. The summed E-state index contributed by atoms with van der Waals surface area (Å²) in [7, 11) is 0. The van der Waals surface area contributed by atoms with Gasteiger partial charge in [0, 0.05) is 31.8 Å². The topological polar surface area (TPSA) is 59.6 Å². The highest BCUT2D eigenvalue weighted by Crippen LogP contribution is 2.26. The number of carbonyl (C=O) groups excluding carboxylic acids is 1. The molecule has 2 N–H and O–H groups in total. The highest BCUT2D eigenvalue weighted by atomic mass is 16.6. The van der Waals surface area contributed by atoms with Crippen LogP contribution < -0.4 is 10.6 Å². The minimum Gasteiger partial charge on any atom is -0.444 e. The summed E-state index contributed by atoms with van der Waals surface area (Å²) in [5.41, 5.74) is -0.433. The van der Waals surface area contributed by atoms with E-state index in [1.807, 2.05) is 20.8 Å². The Morgan fingerprint density at radius 1 is 1.14 bits per heavy atom. The molecule has 0 aromatic carbocycles. The Bertz CT molecular complexity index is 346. The van der Waals surface area contributed by atoms with Crippen LogP contribution in [0.5, 0.6) is 0 Å². The smallest absolute Gasteiger partial charge is 0.407 e. The molecule has 128 valence electrons. The van der Waals surface area contributed by atoms with E-state index in [0.29, 0.717) is 24.5 Å². The van der Waals surface area contributed by atoms with Crippen LogP contribution in [-0.4, -0.2) is 43.5 Å². The second-order valence-electron chi connectivity index (χ2n) is 7.59. The second kappa shape index (κ2) is 8.16. The van der Waals surface area contributed by atoms with Crippen molar-refractivity contribution in [3.63, 3.8) is 0 Å². The Morgan fingerprint density at radius 2 is 1.95 bits per heavy atom. The number of amides is 1. The van der Waals surface area contributed by atoms with E-state index < -0.39 is 5.60 Å². The number of nitrogens with one attached hydrogen (secondary N) is 2. The first kappa shape index (κ1) is 17.5. The monoisotopic (exact) mass is 312 g/mol. The Balaban J connectivity index is 1.74. The zero-order valence-electron chi connectivity index (χ0n) is 14.3. The van der Waals surface area contributed by atoms with Crippen LogP contribution in [0.15, 0.2) is 0 Å². The van der Waals surface area contributed by atoms with Gasteiger partial charge in [-0.1, -0.05) is 6.42 Å². The lowest BCUT2D eigenvalue weighted by atomic mass is 10.0. The number of rotatable bonds is 4. The molecule has 0 aromatic rings. The van der Waals surface area contributed by atoms with Gasteiger partial charge in [-0.15, -0.1) is 0 Å². The average Bonchev–Trinajstić information content (AvgIpc) is 2.68. The van der Waals surface area contributed by atoms with E-state index in [2.05, 4.69) is 10.6 Å². The zero-order valence-corrected chi connectivity index (χ0v) is 14.3. The summed E-state index contributed by atoms with van der Waals surface area (Å²) in [6, 6.07) is 1.08. The van der Waals surface area contributed by atoms with E-state index >= 15 is 0 Å². The van der Waals surface area contributed by atoms with E-state index in [1.165, 1.54) is 25.7 Å². The standard InChI is InChI=1S/C17H32N2O3/c1-17(2,3)22-16(20)18-12-13-6-4-8-15(13)19-14-7-5-10-21-11-9-14/h13-15,19H,4-12H2,1-3H3,(H,18,20). The first-order chi connectivity index (χ1) is 10.4. The molecule has 1 amide bonds. The van der Waals surface area contributed by atoms with Crippen LogP contribution in [0.2, 0.25) is 0 Å². The summed E-state index contributed by atoms with van der Waals surface area (Å²) in [5, 5.41) is 6.74. The van der Waals surface area contributed by atoms with Crippen molar-refractivity contribution in [2.45, 2.75) is 77.0 Å². The minimum atomic E-state index is -0.433. The summed E-state index contributed by atoms with van der Waals surface area (Å²) < 4.78 is 10.8. The van der Waals surface area contributed by atoms with Gasteiger partial charge in [0.15, 0.2) is 0 Å². The van der Waals surface area contributed by atoms with E-state index in [4.69, 9.17) is 9.47 Å². The van der Waals surface area contributed by atoms with Crippen LogP contribution in [0.25, 0.3) is 0 Å². The van der Waals surface area contributed by atoms with Crippen molar-refractivity contribution in [1.82, 2.24) is 10.6 Å². The van der Waals surface area contributed by atoms with Gasteiger partial charge in [-0.3, -0.25) is 0 Å². The summed E-state index contributed by atoms with van der Waals surface area (Å²) >= 11 is 0. The SMILES string of the molecule is CC(C)(C)OC(=O)NCC1CCCC1NC1CCCOCC1. The molecule has 1 saturated heterocycles. The van der Waals surface area contributed by atoms with Gasteiger partial charge in [0.1, 0.15) is 5.60 Å². The van der Waals surface area contributed by atoms with Gasteiger partial charge in [-0.2, -0.15) is 0 Å². The summed E-state index contributed by atoms with van der Waals surface area (Å²) in [6.07, 6.45) is 6.76. The lowest BCUT2D eigenvalue weighted by Gasteiger charge is -2.27. The number of carbonyl (C=O) groups is 1. The Labute approximate surface area is 134 Å². The first-order valence-electron chi connectivity index (χ1n) is 8.75. The molecule has 3 unspecified atom stereocenters. The molecule has 2 aliphatic rings. The van der Waals surface area contributed by atoms with Crippen LogP contribution in [0.3, 0.4) is 0 Å². The quantitative estimate of drug-likeness (QED) is 0.838. The number of hydrogen-bond acceptors (Lipinski definition) is 4. The molecule has 1 aliphatic heterocycles. The van der Waals surface area contributed by atoms with Gasteiger partial charge in [-0.25, -0.2) is 4.79 Å². The summed E-state index contributed by atoms with van der Waals surface area (Å²) in [6.45, 7) is 8.13. The van der Waals surface area contributed by atoms with E-state index in [0.717, 1.165) is 26.1 Å². The van der Waals surface area contributed by atoms with Crippen molar-refractivity contribution in [2.24, 2.45) is 5.92 Å². The predicted octanol–water partition coefficient (Wildman–Crippen LogP) is 2.84. The number of hydrogen-bond donors (Lipinski definition) is 2. The third-order valence-corrected chi connectivity index (χ3v) is 4.47. The molecule has 1 aliphatic carbocycles. The van der Waals surface area contributed by atoms with Crippen molar-refractivity contribution >= 4 is 6.09 Å². The Hall–Kier alpha value is -0.810. The number of ether oxygens (including phenoxy) is 2. The molecule has 0 radical (unpaired) electrons. The molecular weight excluding hydrogens is 280 g/mol. The molecule has 1 heterocycles. The summed E-state index contributed by atoms with van der Waals surface area (Å²) in [5.74, 6) is 0.511. The average molecular weight is 312 g/mol. The van der Waals surface area contributed by atoms with E-state index in [-0.39, 0.29) is 6.09 Å². The van der Waals surface area contributed by atoms with Crippen LogP contribution in [-0.2, 0) is 9.47 Å². The van der Waals surface area contributed by atoms with Gasteiger partial charge in [0.2, 0.25) is 0 Å². The van der Waals surface area contributed by atoms with Gasteiger partial charge in [0.05, 0.1) is 0 Å². The molecule has 2 rings (SSSR count). The summed E-state index contributed by atoms with van der Waals surface area (Å²) in [4.78, 5) is 11.8. The van der Waals surface area contributed by atoms with Gasteiger partial charge < -0.3 is 20.1 Å². The van der Waals surface area contributed by atoms with Crippen LogP contribution in [0, 0.1) is 5.92 Å². The van der Waals surface area contributed by atoms with Crippen LogP contribution >= 0.6 is 0 Å². The maximum absolute atomic E-state index is 11.8. The Kier molecular flexibility index (Phi) is 6.50. The first-order valence-corrected chi connectivity index (χ1v) is 8.75. The van der Waals surface area contributed by atoms with E-state index in [9.17, 15) is 4.79 Å². The fraction of sp³-hybridized carbons (Fsp3) is 0.941. The van der Waals surface area contributed by atoms with Crippen molar-refractivity contribution in [3.8, 4) is 0 Å². The number of alkyl carbamates (subject to hydrolysis) is 1. The molecular formula is C17H32N2O3. The van der Waals surface area contributed by atoms with Crippen molar-refractivity contribution in [1.29, 1.82) is 0 Å². The van der Waals surface area contributed by atoms with Crippen molar-refractivity contribution in [2.75, 3.05) is 19.8 Å². The van der Waals surface area contributed by atoms with Crippen molar-refractivity contribution in [3.05, 3.63) is 0 Å². The van der Waals surface area contributed by atoms with E-state index in [1.54, 1.807) is 0 Å². The second-order valence-corrected chi connectivity index (χ2v) is 7.59. The lowest BCUT2D eigenvalue weighted by molar-refractivity contribution is 0.0517. The van der Waals surface area contributed by atoms with Gasteiger partial charge in [-0.05, 0) is 58.8 Å². The molecule has 1 saturated carbocycles. The molecule has 2 fully saturated rings.